The van der Waals surface area contributed by atoms with Crippen molar-refractivity contribution in [3.05, 3.63) is 59.7 Å². The Labute approximate surface area is 184 Å². The third-order valence-electron chi connectivity index (χ3n) is 4.93. The summed E-state index contributed by atoms with van der Waals surface area (Å²) >= 11 is 0.961. The average Bonchev–Trinajstić information content (AvgIpc) is 3.27. The van der Waals surface area contributed by atoms with Crippen LogP contribution in [0.3, 0.4) is 0 Å². The van der Waals surface area contributed by atoms with E-state index in [-0.39, 0.29) is 24.3 Å². The number of hydrogen-bond acceptors (Lipinski definition) is 6. The molecule has 0 aromatic heterocycles. The van der Waals surface area contributed by atoms with Crippen LogP contribution in [0, 0.1) is 0 Å². The predicted octanol–water partition coefficient (Wildman–Crippen LogP) is 4.00. The number of rotatable bonds is 6. The van der Waals surface area contributed by atoms with Crippen LogP contribution in [-0.4, -0.2) is 41.7 Å². The molecule has 0 saturated carbocycles. The van der Waals surface area contributed by atoms with Gasteiger partial charge in [0.15, 0.2) is 6.10 Å². The third kappa shape index (κ3) is 4.98. The van der Waals surface area contributed by atoms with Crippen molar-refractivity contribution in [3.63, 3.8) is 0 Å². The van der Waals surface area contributed by atoms with Gasteiger partial charge in [-0.2, -0.15) is 13.2 Å². The van der Waals surface area contributed by atoms with Gasteiger partial charge in [0, 0.05) is 5.69 Å². The Morgan fingerprint density at radius 3 is 2.34 bits per heavy atom. The summed E-state index contributed by atoms with van der Waals surface area (Å²) in [6.45, 7) is 0.210. The van der Waals surface area contributed by atoms with Crippen LogP contribution in [0.1, 0.15) is 11.1 Å². The van der Waals surface area contributed by atoms with E-state index in [0.717, 1.165) is 29.5 Å². The van der Waals surface area contributed by atoms with Crippen molar-refractivity contribution in [1.82, 2.24) is 5.32 Å². The first kappa shape index (κ1) is 22.0. The van der Waals surface area contributed by atoms with Crippen molar-refractivity contribution in [3.8, 4) is 5.75 Å². The molecule has 3 amide bonds. The van der Waals surface area contributed by atoms with E-state index in [9.17, 15) is 27.6 Å². The summed E-state index contributed by atoms with van der Waals surface area (Å²) in [4.78, 5) is 36.2. The standard InChI is InChI=1S/C21H17F3N2O5S/c22-21(23,24)13-3-5-14(6-4-13)26-10-16(31-20(26)29)11-30-15-7-1-12(2-8-15)9-17-18(27)25-19(28)32-17/h1-8,16-17H,9-11H2,(H,25,27,28). The second kappa shape index (κ2) is 8.73. The largest absolute Gasteiger partial charge is 0.490 e. The lowest BCUT2D eigenvalue weighted by molar-refractivity contribution is -0.137. The number of amides is 3. The number of anilines is 1. The van der Waals surface area contributed by atoms with Crippen LogP contribution in [0.25, 0.3) is 0 Å². The Hall–Kier alpha value is -3.21. The minimum Gasteiger partial charge on any atom is -0.490 e. The number of alkyl halides is 3. The summed E-state index contributed by atoms with van der Waals surface area (Å²) in [7, 11) is 0. The molecule has 4 rings (SSSR count). The molecule has 2 saturated heterocycles. The topological polar surface area (TPSA) is 84.9 Å². The summed E-state index contributed by atoms with van der Waals surface area (Å²) in [5.74, 6) is 0.221. The zero-order chi connectivity index (χ0) is 22.9. The summed E-state index contributed by atoms with van der Waals surface area (Å²) in [6, 6.07) is 11.3. The monoisotopic (exact) mass is 466 g/mol. The highest BCUT2D eigenvalue weighted by atomic mass is 32.2. The molecular weight excluding hydrogens is 449 g/mol. The van der Waals surface area contributed by atoms with Gasteiger partial charge >= 0.3 is 12.3 Å². The molecule has 2 fully saturated rings. The number of cyclic esters (lactones) is 1. The van der Waals surface area contributed by atoms with Crippen molar-refractivity contribution >= 4 is 34.7 Å². The Morgan fingerprint density at radius 1 is 1.06 bits per heavy atom. The number of hydrogen-bond donors (Lipinski definition) is 1. The number of nitrogens with zero attached hydrogens (tertiary/aromatic N) is 1. The fraction of sp³-hybridized carbons (Fsp3) is 0.286. The fourth-order valence-electron chi connectivity index (χ4n) is 3.30. The molecule has 2 aliphatic rings. The maximum absolute atomic E-state index is 12.7. The van der Waals surface area contributed by atoms with Crippen LogP contribution in [0.2, 0.25) is 0 Å². The molecule has 2 aliphatic heterocycles. The molecule has 1 N–H and O–H groups in total. The van der Waals surface area contributed by atoms with Crippen LogP contribution >= 0.6 is 11.8 Å². The quantitative estimate of drug-likeness (QED) is 0.693. The van der Waals surface area contributed by atoms with Crippen LogP contribution < -0.4 is 15.0 Å². The minimum absolute atomic E-state index is 0.0671. The molecule has 2 aromatic carbocycles. The van der Waals surface area contributed by atoms with Gasteiger partial charge in [-0.05, 0) is 48.4 Å². The lowest BCUT2D eigenvalue weighted by Crippen LogP contribution is -2.26. The first-order valence-electron chi connectivity index (χ1n) is 9.57. The number of imide groups is 1. The van der Waals surface area contributed by atoms with Gasteiger partial charge in [-0.15, -0.1) is 0 Å². The normalized spacial score (nSPS) is 21.0. The van der Waals surface area contributed by atoms with E-state index >= 15 is 0 Å². The molecule has 0 spiro atoms. The first-order valence-corrected chi connectivity index (χ1v) is 10.5. The number of thioether (sulfide) groups is 1. The first-order chi connectivity index (χ1) is 15.2. The van der Waals surface area contributed by atoms with Gasteiger partial charge in [0.05, 0.1) is 17.4 Å². The molecule has 32 heavy (non-hydrogen) atoms. The van der Waals surface area contributed by atoms with Crippen LogP contribution in [0.15, 0.2) is 48.5 Å². The van der Waals surface area contributed by atoms with E-state index in [0.29, 0.717) is 17.9 Å². The van der Waals surface area contributed by atoms with Gasteiger partial charge in [-0.25, -0.2) is 4.79 Å². The molecule has 2 aromatic rings. The van der Waals surface area contributed by atoms with Gasteiger partial charge in [0.1, 0.15) is 12.4 Å². The lowest BCUT2D eigenvalue weighted by Gasteiger charge is -2.14. The number of nitrogens with one attached hydrogen (secondary N) is 1. The van der Waals surface area contributed by atoms with Gasteiger partial charge in [-0.1, -0.05) is 23.9 Å². The summed E-state index contributed by atoms with van der Waals surface area (Å²) in [5, 5.41) is 1.44. The SMILES string of the molecule is O=C1NC(=O)C(Cc2ccc(OCC3CN(c4ccc(C(F)(F)F)cc4)C(=O)O3)cc2)S1. The van der Waals surface area contributed by atoms with E-state index in [1.54, 1.807) is 24.3 Å². The van der Waals surface area contributed by atoms with Crippen molar-refractivity contribution in [2.75, 3.05) is 18.1 Å². The van der Waals surface area contributed by atoms with E-state index < -0.39 is 29.2 Å². The summed E-state index contributed by atoms with van der Waals surface area (Å²) in [6.07, 6.45) is -5.29. The predicted molar refractivity (Wildman–Crippen MR) is 110 cm³/mol. The summed E-state index contributed by atoms with van der Waals surface area (Å²) < 4.78 is 49.0. The molecule has 168 valence electrons. The van der Waals surface area contributed by atoms with Crippen LogP contribution in [0.4, 0.5) is 28.4 Å². The molecule has 7 nitrogen and oxygen atoms in total. The molecule has 0 radical (unpaired) electrons. The van der Waals surface area contributed by atoms with Gasteiger partial charge in [-0.3, -0.25) is 19.8 Å². The molecule has 2 unspecified atom stereocenters. The smallest absolute Gasteiger partial charge is 0.416 e. The molecule has 11 heteroatoms. The average molecular weight is 466 g/mol. The molecule has 2 atom stereocenters. The van der Waals surface area contributed by atoms with E-state index in [4.69, 9.17) is 9.47 Å². The zero-order valence-electron chi connectivity index (χ0n) is 16.4. The Balaban J connectivity index is 1.29. The maximum Gasteiger partial charge on any atom is 0.416 e. The molecular formula is C21H17F3N2O5S. The number of ether oxygens (including phenoxy) is 2. The second-order valence-electron chi connectivity index (χ2n) is 7.20. The van der Waals surface area contributed by atoms with Crippen molar-refractivity contribution in [2.45, 2.75) is 24.0 Å². The maximum atomic E-state index is 12.7. The van der Waals surface area contributed by atoms with Gasteiger partial charge < -0.3 is 9.47 Å². The lowest BCUT2D eigenvalue weighted by atomic mass is 10.1. The fourth-order valence-corrected chi connectivity index (χ4v) is 4.16. The van der Waals surface area contributed by atoms with Crippen molar-refractivity contribution < 1.29 is 37.0 Å². The second-order valence-corrected chi connectivity index (χ2v) is 8.38. The van der Waals surface area contributed by atoms with Crippen molar-refractivity contribution in [2.24, 2.45) is 0 Å². The van der Waals surface area contributed by atoms with E-state index in [1.807, 2.05) is 0 Å². The van der Waals surface area contributed by atoms with Gasteiger partial charge in [0.2, 0.25) is 5.91 Å². The number of carbonyl (C=O) groups is 3. The summed E-state index contributed by atoms with van der Waals surface area (Å²) in [5.41, 5.74) is 0.374. The van der Waals surface area contributed by atoms with Crippen LogP contribution in [0.5, 0.6) is 5.75 Å². The molecule has 0 bridgehead atoms. The van der Waals surface area contributed by atoms with Gasteiger partial charge in [0.25, 0.3) is 5.24 Å². The van der Waals surface area contributed by atoms with E-state index in [1.165, 1.54) is 17.0 Å². The van der Waals surface area contributed by atoms with Crippen LogP contribution in [-0.2, 0) is 22.1 Å². The number of halogens is 3. The number of carbonyl (C=O) groups excluding carboxylic acids is 3. The highest BCUT2D eigenvalue weighted by Gasteiger charge is 2.35. The van der Waals surface area contributed by atoms with E-state index in [2.05, 4.69) is 5.32 Å². The number of benzene rings is 2. The third-order valence-corrected chi connectivity index (χ3v) is 5.91. The Kier molecular flexibility index (Phi) is 6.00. The molecule has 0 aliphatic carbocycles. The minimum atomic E-state index is -4.45. The van der Waals surface area contributed by atoms with Crippen molar-refractivity contribution in [1.29, 1.82) is 0 Å². The highest BCUT2D eigenvalue weighted by Crippen LogP contribution is 2.31. The Bertz CT molecular complexity index is 1030. The Morgan fingerprint density at radius 2 is 1.75 bits per heavy atom. The molecule has 2 heterocycles. The zero-order valence-corrected chi connectivity index (χ0v) is 17.2. The highest BCUT2D eigenvalue weighted by molar-refractivity contribution is 8.15.